The molecule has 3 saturated heterocycles. The summed E-state index contributed by atoms with van der Waals surface area (Å²) in [7, 11) is 3.17. The minimum atomic E-state index is -0.214. The minimum Gasteiger partial charge on any atom is -0.497 e. The largest absolute Gasteiger partial charge is 0.497 e. The highest BCUT2D eigenvalue weighted by molar-refractivity contribution is 5.93. The zero-order chi connectivity index (χ0) is 19.3. The zero-order valence-corrected chi connectivity index (χ0v) is 16.6. The Morgan fingerprint density at radius 3 is 3.00 bits per heavy atom. The maximum atomic E-state index is 12.9. The first-order chi connectivity index (χ1) is 13.6. The third-order valence-corrected chi connectivity index (χ3v) is 8.04. The first-order valence-corrected chi connectivity index (χ1v) is 10.3. The molecule has 6 nitrogen and oxygen atoms in total. The van der Waals surface area contributed by atoms with Crippen LogP contribution in [0.2, 0.25) is 0 Å². The number of ether oxygens (including phenoxy) is 3. The van der Waals surface area contributed by atoms with E-state index in [9.17, 15) is 4.79 Å². The molecule has 0 radical (unpaired) electrons. The summed E-state index contributed by atoms with van der Waals surface area (Å²) in [5.41, 5.74) is 3.95. The van der Waals surface area contributed by atoms with E-state index in [4.69, 9.17) is 14.2 Å². The fourth-order valence-corrected chi connectivity index (χ4v) is 6.97. The number of fused-ring (bicyclic) bond motifs is 3. The first-order valence-electron chi connectivity index (χ1n) is 10.3. The number of carbonyl (C=O) groups excluding carboxylic acids is 1. The third kappa shape index (κ3) is 1.75. The normalized spacial score (nSPS) is 39.5. The SMILES string of the molecule is CC[C@]12CC(C(=O)OC)=C3Nc4cc(OC)ccc4[C@@]34CCN(C[C@@H]3O[C@H]31)[C@@H]24. The number of anilines is 1. The van der Waals surface area contributed by atoms with Gasteiger partial charge >= 0.3 is 5.97 Å². The van der Waals surface area contributed by atoms with Crippen LogP contribution in [-0.4, -0.2) is 56.4 Å². The van der Waals surface area contributed by atoms with Crippen LogP contribution < -0.4 is 10.1 Å². The van der Waals surface area contributed by atoms with E-state index in [1.165, 1.54) is 12.7 Å². The van der Waals surface area contributed by atoms with Crippen molar-refractivity contribution in [1.82, 2.24) is 4.90 Å². The molecule has 6 rings (SSSR count). The molecule has 6 heteroatoms. The summed E-state index contributed by atoms with van der Waals surface area (Å²) in [6.07, 6.45) is 3.29. The molecule has 1 spiro atoms. The summed E-state index contributed by atoms with van der Waals surface area (Å²) in [6.45, 7) is 4.29. The molecule has 0 saturated carbocycles. The highest BCUT2D eigenvalue weighted by Crippen LogP contribution is 2.68. The van der Waals surface area contributed by atoms with Crippen molar-refractivity contribution in [2.45, 2.75) is 49.9 Å². The Bertz CT molecular complexity index is 927. The van der Waals surface area contributed by atoms with E-state index in [2.05, 4.69) is 29.3 Å². The molecule has 148 valence electrons. The third-order valence-electron chi connectivity index (χ3n) is 8.04. The number of epoxide rings is 1. The van der Waals surface area contributed by atoms with Crippen molar-refractivity contribution >= 4 is 11.7 Å². The van der Waals surface area contributed by atoms with E-state index in [1.807, 2.05) is 6.07 Å². The molecule has 3 fully saturated rings. The number of rotatable bonds is 3. The van der Waals surface area contributed by atoms with Crippen LogP contribution in [0.1, 0.15) is 31.7 Å². The molecule has 4 heterocycles. The van der Waals surface area contributed by atoms with Gasteiger partial charge in [0.15, 0.2) is 0 Å². The summed E-state index contributed by atoms with van der Waals surface area (Å²) in [5, 5.41) is 3.63. The molecular weight excluding hydrogens is 356 g/mol. The number of nitrogens with zero attached hydrogens (tertiary/aromatic N) is 1. The summed E-state index contributed by atoms with van der Waals surface area (Å²) < 4.78 is 16.9. The van der Waals surface area contributed by atoms with E-state index in [0.29, 0.717) is 18.6 Å². The lowest BCUT2D eigenvalue weighted by molar-refractivity contribution is -0.137. The Morgan fingerprint density at radius 1 is 1.39 bits per heavy atom. The van der Waals surface area contributed by atoms with Crippen molar-refractivity contribution in [3.05, 3.63) is 35.0 Å². The van der Waals surface area contributed by atoms with Crippen molar-refractivity contribution in [3.63, 3.8) is 0 Å². The number of benzene rings is 1. The fourth-order valence-electron chi connectivity index (χ4n) is 6.97. The van der Waals surface area contributed by atoms with Gasteiger partial charge in [0, 0.05) is 35.5 Å². The molecule has 1 aromatic rings. The van der Waals surface area contributed by atoms with Gasteiger partial charge in [0.25, 0.3) is 0 Å². The second-order valence-electron chi connectivity index (χ2n) is 8.86. The van der Waals surface area contributed by atoms with Crippen LogP contribution in [0.4, 0.5) is 5.69 Å². The van der Waals surface area contributed by atoms with Gasteiger partial charge < -0.3 is 19.5 Å². The first kappa shape index (κ1) is 16.9. The van der Waals surface area contributed by atoms with E-state index in [-0.39, 0.29) is 22.9 Å². The highest BCUT2D eigenvalue weighted by atomic mass is 16.6. The van der Waals surface area contributed by atoms with E-state index >= 15 is 0 Å². The van der Waals surface area contributed by atoms with Crippen molar-refractivity contribution in [3.8, 4) is 5.75 Å². The minimum absolute atomic E-state index is 0.0460. The molecule has 5 atom stereocenters. The lowest BCUT2D eigenvalue weighted by Gasteiger charge is -2.54. The Balaban J connectivity index is 1.63. The second kappa shape index (κ2) is 5.30. The molecule has 0 amide bonds. The molecule has 1 aliphatic carbocycles. The van der Waals surface area contributed by atoms with Crippen molar-refractivity contribution in [2.75, 3.05) is 32.6 Å². The molecule has 1 N–H and O–H groups in total. The van der Waals surface area contributed by atoms with Gasteiger partial charge in [-0.15, -0.1) is 0 Å². The zero-order valence-electron chi connectivity index (χ0n) is 16.6. The van der Waals surface area contributed by atoms with Gasteiger partial charge in [-0.1, -0.05) is 13.0 Å². The van der Waals surface area contributed by atoms with E-state index < -0.39 is 0 Å². The molecular formula is C22H26N2O4. The number of hydrogen-bond donors (Lipinski definition) is 1. The summed E-state index contributed by atoms with van der Waals surface area (Å²) in [5.74, 6) is 0.613. The van der Waals surface area contributed by atoms with Crippen LogP contribution in [0.3, 0.4) is 0 Å². The Labute approximate surface area is 164 Å². The van der Waals surface area contributed by atoms with Gasteiger partial charge in [0.2, 0.25) is 0 Å². The molecule has 4 aliphatic heterocycles. The maximum Gasteiger partial charge on any atom is 0.335 e. The molecule has 0 bridgehead atoms. The van der Waals surface area contributed by atoms with E-state index in [1.54, 1.807) is 7.11 Å². The molecule has 1 aromatic carbocycles. The standard InChI is InChI=1S/C22H26N2O4/c1-4-21-10-13(19(25)27-3)17-22(14-6-5-12(26-2)9-15(14)23-17)7-8-24(20(21)22)11-16-18(21)28-16/h5-6,9,16,18,20,23H,4,7-8,10-11H2,1-3H3/t16-,18+,20-,21-,22-/m0/s1. The van der Waals surface area contributed by atoms with Crippen LogP contribution >= 0.6 is 0 Å². The number of nitrogens with one attached hydrogen (secondary N) is 1. The van der Waals surface area contributed by atoms with Crippen LogP contribution in [0.15, 0.2) is 29.5 Å². The van der Waals surface area contributed by atoms with E-state index in [0.717, 1.165) is 48.6 Å². The quantitative estimate of drug-likeness (QED) is 0.640. The lowest BCUT2D eigenvalue weighted by atomic mass is 9.53. The molecule has 0 unspecified atom stereocenters. The van der Waals surface area contributed by atoms with Crippen molar-refractivity contribution in [2.24, 2.45) is 5.41 Å². The predicted molar refractivity (Wildman–Crippen MR) is 103 cm³/mol. The number of piperidine rings is 1. The molecule has 0 aromatic heterocycles. The summed E-state index contributed by atoms with van der Waals surface area (Å²) in [6, 6.07) is 6.64. The van der Waals surface area contributed by atoms with Crippen LogP contribution in [-0.2, 0) is 19.7 Å². The maximum absolute atomic E-state index is 12.9. The number of esters is 1. The number of carbonyl (C=O) groups is 1. The smallest absolute Gasteiger partial charge is 0.335 e. The lowest BCUT2D eigenvalue weighted by Crippen LogP contribution is -2.63. The average Bonchev–Trinajstić information content (AvgIpc) is 3.31. The van der Waals surface area contributed by atoms with Gasteiger partial charge in [-0.3, -0.25) is 4.90 Å². The fraction of sp³-hybridized carbons (Fsp3) is 0.591. The van der Waals surface area contributed by atoms with Gasteiger partial charge in [0.1, 0.15) is 5.75 Å². The van der Waals surface area contributed by atoms with Crippen LogP contribution in [0, 0.1) is 5.41 Å². The van der Waals surface area contributed by atoms with Gasteiger partial charge in [0.05, 0.1) is 37.4 Å². The summed E-state index contributed by atoms with van der Waals surface area (Å²) in [4.78, 5) is 15.5. The van der Waals surface area contributed by atoms with Gasteiger partial charge in [-0.25, -0.2) is 4.79 Å². The monoisotopic (exact) mass is 382 g/mol. The van der Waals surface area contributed by atoms with Gasteiger partial charge in [-0.2, -0.15) is 0 Å². The number of hydrogen-bond acceptors (Lipinski definition) is 6. The molecule has 5 aliphatic rings. The summed E-state index contributed by atoms with van der Waals surface area (Å²) >= 11 is 0. The second-order valence-corrected chi connectivity index (χ2v) is 8.86. The topological polar surface area (TPSA) is 63.3 Å². The van der Waals surface area contributed by atoms with Crippen molar-refractivity contribution < 1.29 is 19.0 Å². The van der Waals surface area contributed by atoms with Crippen LogP contribution in [0.5, 0.6) is 5.75 Å². The average molecular weight is 382 g/mol. The Morgan fingerprint density at radius 2 is 2.25 bits per heavy atom. The Kier molecular flexibility index (Phi) is 3.19. The molecule has 28 heavy (non-hydrogen) atoms. The van der Waals surface area contributed by atoms with Gasteiger partial charge in [-0.05, 0) is 37.4 Å². The predicted octanol–water partition coefficient (Wildman–Crippen LogP) is 2.44. The van der Waals surface area contributed by atoms with Crippen LogP contribution in [0.25, 0.3) is 0 Å². The van der Waals surface area contributed by atoms with Crippen molar-refractivity contribution in [1.29, 1.82) is 0 Å². The Hall–Kier alpha value is -2.05. The number of methoxy groups -OCH3 is 2. The highest BCUT2D eigenvalue weighted by Gasteiger charge is 2.73.